The minimum atomic E-state index is -1.26. The summed E-state index contributed by atoms with van der Waals surface area (Å²) >= 11 is 0. The molecule has 0 bridgehead atoms. The summed E-state index contributed by atoms with van der Waals surface area (Å²) in [6, 6.07) is 15.5. The van der Waals surface area contributed by atoms with E-state index < -0.39 is 17.5 Å². The Hall–Kier alpha value is -3.85. The first-order chi connectivity index (χ1) is 15.5. The first-order valence-corrected chi connectivity index (χ1v) is 9.65. The van der Waals surface area contributed by atoms with Gasteiger partial charge in [-0.25, -0.2) is 13.2 Å². The zero-order valence-corrected chi connectivity index (χ0v) is 16.7. The number of H-pyrrole nitrogens is 1. The molecule has 1 heterocycles. The fourth-order valence-corrected chi connectivity index (χ4v) is 3.02. The van der Waals surface area contributed by atoms with E-state index in [1.807, 2.05) is 30.3 Å². The van der Waals surface area contributed by atoms with Gasteiger partial charge in [0.2, 0.25) is 0 Å². The lowest BCUT2D eigenvalue weighted by Crippen LogP contribution is -2.18. The molecule has 2 N–H and O–H groups in total. The molecule has 9 heteroatoms. The molecule has 0 aliphatic carbocycles. The van der Waals surface area contributed by atoms with Crippen LogP contribution in [0.3, 0.4) is 0 Å². The normalized spacial score (nSPS) is 11.0. The third kappa shape index (κ3) is 5.06. The maximum Gasteiger partial charge on any atom is 0.251 e. The standard InChI is InChI=1S/C23H18F3N3O3/c24-18-10-20(26)19(25)8-15(18)12-32-16-6-7-21-17(9-16)23(29-28-21)27-22(30)13-31-11-14-4-2-1-3-5-14/h1-10H,11-13H2,(H2,27,28,29,30). The van der Waals surface area contributed by atoms with Gasteiger partial charge in [0.15, 0.2) is 17.5 Å². The molecule has 32 heavy (non-hydrogen) atoms. The number of aromatic amines is 1. The van der Waals surface area contributed by atoms with Crippen LogP contribution < -0.4 is 10.1 Å². The second-order valence-electron chi connectivity index (χ2n) is 6.95. The number of nitrogens with zero attached hydrogens (tertiary/aromatic N) is 1. The third-order valence-electron chi connectivity index (χ3n) is 4.62. The Morgan fingerprint density at radius 1 is 0.938 bits per heavy atom. The second-order valence-corrected chi connectivity index (χ2v) is 6.95. The molecule has 164 valence electrons. The highest BCUT2D eigenvalue weighted by molar-refractivity contribution is 6.00. The smallest absolute Gasteiger partial charge is 0.251 e. The van der Waals surface area contributed by atoms with Crippen LogP contribution in [0.15, 0.2) is 60.7 Å². The zero-order chi connectivity index (χ0) is 22.5. The van der Waals surface area contributed by atoms with Gasteiger partial charge in [0.05, 0.1) is 12.1 Å². The first-order valence-electron chi connectivity index (χ1n) is 9.65. The number of halogens is 3. The van der Waals surface area contributed by atoms with E-state index in [9.17, 15) is 18.0 Å². The number of anilines is 1. The van der Waals surface area contributed by atoms with Crippen LogP contribution in [0.2, 0.25) is 0 Å². The number of hydrogen-bond donors (Lipinski definition) is 2. The molecule has 0 aliphatic heterocycles. The number of amides is 1. The van der Waals surface area contributed by atoms with Crippen molar-refractivity contribution in [2.75, 3.05) is 11.9 Å². The Balaban J connectivity index is 1.39. The van der Waals surface area contributed by atoms with Gasteiger partial charge in [-0.3, -0.25) is 9.89 Å². The number of carbonyl (C=O) groups excluding carboxylic acids is 1. The van der Waals surface area contributed by atoms with E-state index in [1.165, 1.54) is 0 Å². The molecule has 0 radical (unpaired) electrons. The van der Waals surface area contributed by atoms with Crippen LogP contribution in [-0.2, 0) is 22.7 Å². The van der Waals surface area contributed by atoms with Crippen molar-refractivity contribution in [1.29, 1.82) is 0 Å². The molecule has 0 saturated carbocycles. The number of hydrogen-bond acceptors (Lipinski definition) is 4. The predicted molar refractivity (Wildman–Crippen MR) is 111 cm³/mol. The van der Waals surface area contributed by atoms with Gasteiger partial charge in [-0.05, 0) is 29.8 Å². The van der Waals surface area contributed by atoms with Crippen molar-refractivity contribution in [1.82, 2.24) is 10.2 Å². The molecule has 4 rings (SSSR count). The lowest BCUT2D eigenvalue weighted by Gasteiger charge is -2.08. The number of nitrogens with one attached hydrogen (secondary N) is 2. The largest absolute Gasteiger partial charge is 0.489 e. The molecule has 3 aromatic carbocycles. The number of benzene rings is 3. The summed E-state index contributed by atoms with van der Waals surface area (Å²) in [5, 5.41) is 10.1. The lowest BCUT2D eigenvalue weighted by atomic mass is 10.2. The van der Waals surface area contributed by atoms with Crippen molar-refractivity contribution in [3.63, 3.8) is 0 Å². The Kier molecular flexibility index (Phi) is 6.37. The summed E-state index contributed by atoms with van der Waals surface area (Å²) in [6.07, 6.45) is 0. The molecule has 1 aromatic heterocycles. The molecule has 6 nitrogen and oxygen atoms in total. The van der Waals surface area contributed by atoms with Crippen LogP contribution in [0.25, 0.3) is 10.9 Å². The number of rotatable bonds is 8. The number of fused-ring (bicyclic) bond motifs is 1. The quantitative estimate of drug-likeness (QED) is 0.388. The summed E-state index contributed by atoms with van der Waals surface area (Å²) < 4.78 is 51.1. The molecular formula is C23H18F3N3O3. The summed E-state index contributed by atoms with van der Waals surface area (Å²) in [7, 11) is 0. The highest BCUT2D eigenvalue weighted by Gasteiger charge is 2.13. The molecule has 0 fully saturated rings. The zero-order valence-electron chi connectivity index (χ0n) is 16.7. The predicted octanol–water partition coefficient (Wildman–Crippen LogP) is 4.71. The van der Waals surface area contributed by atoms with Gasteiger partial charge in [0, 0.05) is 17.0 Å². The van der Waals surface area contributed by atoms with Gasteiger partial charge in [-0.15, -0.1) is 0 Å². The Morgan fingerprint density at radius 2 is 1.72 bits per heavy atom. The second kappa shape index (κ2) is 9.52. The molecule has 0 saturated heterocycles. The minimum absolute atomic E-state index is 0.125. The molecule has 0 unspecified atom stereocenters. The van der Waals surface area contributed by atoms with Crippen LogP contribution in [-0.4, -0.2) is 22.7 Å². The number of carbonyl (C=O) groups is 1. The van der Waals surface area contributed by atoms with Crippen LogP contribution in [0.5, 0.6) is 5.75 Å². The Labute approximate surface area is 181 Å². The summed E-state index contributed by atoms with van der Waals surface area (Å²) in [5.41, 5.74) is 1.46. The molecule has 1 amide bonds. The monoisotopic (exact) mass is 441 g/mol. The number of ether oxygens (including phenoxy) is 2. The number of aromatic nitrogens is 2. The topological polar surface area (TPSA) is 76.2 Å². The third-order valence-corrected chi connectivity index (χ3v) is 4.62. The van der Waals surface area contributed by atoms with E-state index in [0.717, 1.165) is 11.6 Å². The average Bonchev–Trinajstić information content (AvgIpc) is 3.18. The van der Waals surface area contributed by atoms with Crippen molar-refractivity contribution in [2.24, 2.45) is 0 Å². The van der Waals surface area contributed by atoms with Gasteiger partial charge in [0.25, 0.3) is 5.91 Å². The molecule has 4 aromatic rings. The van der Waals surface area contributed by atoms with Gasteiger partial charge < -0.3 is 14.8 Å². The molecular weight excluding hydrogens is 423 g/mol. The van der Waals surface area contributed by atoms with Crippen molar-refractivity contribution in [3.05, 3.63) is 89.2 Å². The van der Waals surface area contributed by atoms with Crippen molar-refractivity contribution in [3.8, 4) is 5.75 Å². The maximum absolute atomic E-state index is 13.8. The van der Waals surface area contributed by atoms with Crippen LogP contribution in [0, 0.1) is 17.5 Å². The van der Waals surface area contributed by atoms with E-state index >= 15 is 0 Å². The van der Waals surface area contributed by atoms with Gasteiger partial charge in [-0.1, -0.05) is 30.3 Å². The molecule has 0 spiro atoms. The maximum atomic E-state index is 13.8. The van der Waals surface area contributed by atoms with E-state index in [2.05, 4.69) is 15.5 Å². The van der Waals surface area contributed by atoms with Crippen molar-refractivity contribution >= 4 is 22.6 Å². The fourth-order valence-electron chi connectivity index (χ4n) is 3.02. The van der Waals surface area contributed by atoms with E-state index in [1.54, 1.807) is 18.2 Å². The van der Waals surface area contributed by atoms with Crippen LogP contribution in [0.4, 0.5) is 19.0 Å². The average molecular weight is 441 g/mol. The summed E-state index contributed by atoms with van der Waals surface area (Å²) in [4.78, 5) is 12.2. The first kappa shape index (κ1) is 21.4. The Morgan fingerprint density at radius 3 is 2.53 bits per heavy atom. The Bertz CT molecular complexity index is 1250. The van der Waals surface area contributed by atoms with Gasteiger partial charge in [0.1, 0.15) is 24.8 Å². The van der Waals surface area contributed by atoms with Crippen molar-refractivity contribution < 1.29 is 27.4 Å². The fraction of sp³-hybridized carbons (Fsp3) is 0.130. The lowest BCUT2D eigenvalue weighted by molar-refractivity contribution is -0.121. The minimum Gasteiger partial charge on any atom is -0.489 e. The van der Waals surface area contributed by atoms with Gasteiger partial charge in [-0.2, -0.15) is 5.10 Å². The van der Waals surface area contributed by atoms with Crippen molar-refractivity contribution in [2.45, 2.75) is 13.2 Å². The van der Waals surface area contributed by atoms with Crippen LogP contribution in [0.1, 0.15) is 11.1 Å². The SMILES string of the molecule is O=C(COCc1ccccc1)Nc1n[nH]c2ccc(OCc3cc(F)c(F)cc3F)cc12. The highest BCUT2D eigenvalue weighted by Crippen LogP contribution is 2.26. The molecule has 0 aliphatic rings. The summed E-state index contributed by atoms with van der Waals surface area (Å²) in [5.74, 6) is -3.10. The highest BCUT2D eigenvalue weighted by atomic mass is 19.2. The van der Waals surface area contributed by atoms with Crippen LogP contribution >= 0.6 is 0 Å². The van der Waals surface area contributed by atoms with E-state index in [-0.39, 0.29) is 30.5 Å². The van der Waals surface area contributed by atoms with E-state index in [4.69, 9.17) is 9.47 Å². The molecule has 0 atom stereocenters. The van der Waals surface area contributed by atoms with E-state index in [0.29, 0.717) is 29.3 Å². The van der Waals surface area contributed by atoms with Gasteiger partial charge >= 0.3 is 0 Å². The summed E-state index contributed by atoms with van der Waals surface area (Å²) in [6.45, 7) is -0.162.